The van der Waals surface area contributed by atoms with Gasteiger partial charge in [-0.2, -0.15) is 11.8 Å². The summed E-state index contributed by atoms with van der Waals surface area (Å²) in [7, 11) is 0. The van der Waals surface area contributed by atoms with Gasteiger partial charge in [0.05, 0.1) is 0 Å². The molecule has 2 nitrogen and oxygen atoms in total. The van der Waals surface area contributed by atoms with Crippen LogP contribution >= 0.6 is 11.8 Å². The Morgan fingerprint density at radius 3 is 2.80 bits per heavy atom. The predicted octanol–water partition coefficient (Wildman–Crippen LogP) is 3.62. The summed E-state index contributed by atoms with van der Waals surface area (Å²) >= 11 is 2.18. The molecule has 118 valence electrons. The average Bonchev–Trinajstić information content (AvgIpc) is 2.42. The molecule has 3 heteroatoms. The van der Waals surface area contributed by atoms with Gasteiger partial charge in [0.2, 0.25) is 0 Å². The molecule has 0 radical (unpaired) electrons. The summed E-state index contributed by atoms with van der Waals surface area (Å²) in [5.41, 5.74) is 0.547. The Morgan fingerprint density at radius 2 is 2.10 bits per heavy atom. The monoisotopic (exact) mass is 298 g/mol. The van der Waals surface area contributed by atoms with E-state index in [9.17, 15) is 0 Å². The number of nitrogens with zero attached hydrogens (tertiary/aromatic N) is 1. The number of hydrogen-bond acceptors (Lipinski definition) is 3. The minimum atomic E-state index is 0.547. The van der Waals surface area contributed by atoms with E-state index in [1.165, 1.54) is 51.1 Å². The van der Waals surface area contributed by atoms with E-state index in [1.54, 1.807) is 0 Å². The summed E-state index contributed by atoms with van der Waals surface area (Å²) in [4.78, 5) is 2.75. The topological polar surface area (TPSA) is 15.3 Å². The van der Waals surface area contributed by atoms with E-state index in [0.717, 1.165) is 23.8 Å². The van der Waals surface area contributed by atoms with E-state index in [0.29, 0.717) is 5.41 Å². The molecule has 0 spiro atoms. The van der Waals surface area contributed by atoms with Crippen molar-refractivity contribution in [1.29, 1.82) is 0 Å². The molecular formula is C17H34N2S. The van der Waals surface area contributed by atoms with Crippen LogP contribution in [0.3, 0.4) is 0 Å². The summed E-state index contributed by atoms with van der Waals surface area (Å²) in [6, 6.07) is 0.752. The van der Waals surface area contributed by atoms with Crippen LogP contribution in [-0.4, -0.2) is 48.1 Å². The fourth-order valence-electron chi connectivity index (χ4n) is 3.98. The van der Waals surface area contributed by atoms with Gasteiger partial charge in [0.15, 0.2) is 0 Å². The van der Waals surface area contributed by atoms with Crippen LogP contribution in [0, 0.1) is 11.3 Å². The minimum Gasteiger partial charge on any atom is -0.314 e. The highest BCUT2D eigenvalue weighted by Crippen LogP contribution is 2.39. The molecule has 1 saturated carbocycles. The molecule has 1 saturated heterocycles. The third kappa shape index (κ3) is 4.64. The van der Waals surface area contributed by atoms with E-state index in [-0.39, 0.29) is 0 Å². The van der Waals surface area contributed by atoms with Crippen molar-refractivity contribution in [3.63, 3.8) is 0 Å². The van der Waals surface area contributed by atoms with Crippen molar-refractivity contribution >= 4 is 11.8 Å². The third-order valence-corrected chi connectivity index (χ3v) is 6.53. The lowest BCUT2D eigenvalue weighted by atomic mass is 9.69. The number of rotatable bonds is 5. The fourth-order valence-corrected chi connectivity index (χ4v) is 5.23. The summed E-state index contributed by atoms with van der Waals surface area (Å²) < 4.78 is 0. The van der Waals surface area contributed by atoms with Gasteiger partial charge in [0, 0.05) is 36.7 Å². The highest BCUT2D eigenvalue weighted by Gasteiger charge is 2.35. The van der Waals surface area contributed by atoms with Gasteiger partial charge in [-0.25, -0.2) is 0 Å². The molecular weight excluding hydrogens is 264 g/mol. The maximum atomic E-state index is 3.76. The van der Waals surface area contributed by atoms with Crippen molar-refractivity contribution in [2.45, 2.75) is 64.7 Å². The summed E-state index contributed by atoms with van der Waals surface area (Å²) in [5, 5.41) is 4.63. The Bertz CT molecular complexity index is 293. The highest BCUT2D eigenvalue weighted by atomic mass is 32.2. The predicted molar refractivity (Wildman–Crippen MR) is 91.6 cm³/mol. The van der Waals surface area contributed by atoms with E-state index in [2.05, 4.69) is 49.7 Å². The van der Waals surface area contributed by atoms with E-state index < -0.39 is 0 Å². The van der Waals surface area contributed by atoms with E-state index in [4.69, 9.17) is 0 Å². The summed E-state index contributed by atoms with van der Waals surface area (Å²) in [6.45, 7) is 14.6. The van der Waals surface area contributed by atoms with Gasteiger partial charge in [-0.15, -0.1) is 0 Å². The zero-order valence-electron chi connectivity index (χ0n) is 14.0. The van der Waals surface area contributed by atoms with Crippen molar-refractivity contribution < 1.29 is 0 Å². The zero-order valence-corrected chi connectivity index (χ0v) is 14.8. The maximum absolute atomic E-state index is 3.76. The molecule has 0 amide bonds. The fraction of sp³-hybridized carbons (Fsp3) is 1.00. The first-order valence-electron chi connectivity index (χ1n) is 8.61. The van der Waals surface area contributed by atoms with Gasteiger partial charge in [-0.1, -0.05) is 27.7 Å². The zero-order chi connectivity index (χ0) is 14.6. The van der Waals surface area contributed by atoms with Gasteiger partial charge in [-0.05, 0) is 43.6 Å². The molecule has 0 aromatic heterocycles. The van der Waals surface area contributed by atoms with Crippen LogP contribution in [0.5, 0.6) is 0 Å². The molecule has 1 heterocycles. The quantitative estimate of drug-likeness (QED) is 0.834. The molecule has 3 unspecified atom stereocenters. The van der Waals surface area contributed by atoms with Crippen LogP contribution in [-0.2, 0) is 0 Å². The van der Waals surface area contributed by atoms with Crippen LogP contribution in [0.2, 0.25) is 0 Å². The van der Waals surface area contributed by atoms with Crippen LogP contribution in [0.4, 0.5) is 0 Å². The van der Waals surface area contributed by atoms with Crippen molar-refractivity contribution in [1.82, 2.24) is 10.2 Å². The van der Waals surface area contributed by atoms with Crippen molar-refractivity contribution in [3.05, 3.63) is 0 Å². The van der Waals surface area contributed by atoms with E-state index in [1.807, 2.05) is 0 Å². The maximum Gasteiger partial charge on any atom is 0.0172 e. The van der Waals surface area contributed by atoms with E-state index >= 15 is 0 Å². The van der Waals surface area contributed by atoms with Gasteiger partial charge >= 0.3 is 0 Å². The van der Waals surface area contributed by atoms with Gasteiger partial charge in [-0.3, -0.25) is 0 Å². The number of hydrogen-bond donors (Lipinski definition) is 1. The Balaban J connectivity index is 1.92. The highest BCUT2D eigenvalue weighted by molar-refractivity contribution is 8.00. The Hall–Kier alpha value is 0.270. The van der Waals surface area contributed by atoms with Crippen LogP contribution in [0.1, 0.15) is 53.4 Å². The smallest absolute Gasteiger partial charge is 0.0172 e. The molecule has 0 aromatic carbocycles. The second kappa shape index (κ2) is 7.51. The Labute approximate surface area is 130 Å². The van der Waals surface area contributed by atoms with Crippen LogP contribution in [0.25, 0.3) is 0 Å². The molecule has 3 atom stereocenters. The molecule has 20 heavy (non-hydrogen) atoms. The van der Waals surface area contributed by atoms with Crippen molar-refractivity contribution in [3.8, 4) is 0 Å². The summed E-state index contributed by atoms with van der Waals surface area (Å²) in [5.74, 6) is 2.18. The minimum absolute atomic E-state index is 0.547. The molecule has 1 N–H and O–H groups in total. The summed E-state index contributed by atoms with van der Waals surface area (Å²) in [6.07, 6.45) is 5.47. The second-order valence-electron chi connectivity index (χ2n) is 7.49. The first-order chi connectivity index (χ1) is 9.54. The largest absolute Gasteiger partial charge is 0.314 e. The average molecular weight is 299 g/mol. The van der Waals surface area contributed by atoms with Gasteiger partial charge in [0.1, 0.15) is 0 Å². The Morgan fingerprint density at radius 1 is 1.30 bits per heavy atom. The normalized spacial score (nSPS) is 35.1. The molecule has 1 aliphatic carbocycles. The molecule has 2 aliphatic rings. The van der Waals surface area contributed by atoms with Crippen molar-refractivity contribution in [2.75, 3.05) is 31.9 Å². The van der Waals surface area contributed by atoms with Crippen LogP contribution < -0.4 is 5.32 Å². The first-order valence-corrected chi connectivity index (χ1v) is 9.66. The van der Waals surface area contributed by atoms with Gasteiger partial charge < -0.3 is 10.2 Å². The molecule has 0 bridgehead atoms. The lowest BCUT2D eigenvalue weighted by Crippen LogP contribution is -2.49. The number of nitrogens with one attached hydrogen (secondary N) is 1. The molecule has 2 fully saturated rings. The lowest BCUT2D eigenvalue weighted by Gasteiger charge is -2.44. The second-order valence-corrected chi connectivity index (χ2v) is 8.90. The SMILES string of the molecule is CCNC1CCC(C)(C)CC1CN1CCSC(CC)C1. The first kappa shape index (κ1) is 16.6. The number of thioether (sulfide) groups is 1. The molecule has 2 rings (SSSR count). The Kier molecular flexibility index (Phi) is 6.25. The lowest BCUT2D eigenvalue weighted by molar-refractivity contribution is 0.101. The third-order valence-electron chi connectivity index (χ3n) is 5.15. The standard InChI is InChI=1S/C17H34N2S/c1-5-15-13-19(9-10-20-15)12-14-11-17(3,4)8-7-16(14)18-6-2/h14-16,18H,5-13H2,1-4H3. The van der Waals surface area contributed by atoms with Gasteiger partial charge in [0.25, 0.3) is 0 Å². The molecule has 1 aliphatic heterocycles. The van der Waals surface area contributed by atoms with Crippen molar-refractivity contribution in [2.24, 2.45) is 11.3 Å². The van der Waals surface area contributed by atoms with Crippen LogP contribution in [0.15, 0.2) is 0 Å². The molecule has 0 aromatic rings.